The van der Waals surface area contributed by atoms with E-state index in [0.29, 0.717) is 19.4 Å². The van der Waals surface area contributed by atoms with Crippen molar-refractivity contribution < 1.29 is 10.0 Å². The summed E-state index contributed by atoms with van der Waals surface area (Å²) in [7, 11) is 0. The predicted molar refractivity (Wildman–Crippen MR) is 82.4 cm³/mol. The van der Waals surface area contributed by atoms with Gasteiger partial charge in [0.05, 0.1) is 0 Å². The van der Waals surface area contributed by atoms with Crippen molar-refractivity contribution in [3.63, 3.8) is 0 Å². The third-order valence-corrected chi connectivity index (χ3v) is 5.83. The predicted octanol–water partition coefficient (Wildman–Crippen LogP) is 2.33. The second kappa shape index (κ2) is 5.67. The number of oxime groups is 1. The maximum absolute atomic E-state index is 13.1. The summed E-state index contributed by atoms with van der Waals surface area (Å²) in [6.07, 6.45) is 5.32. The van der Waals surface area contributed by atoms with E-state index in [4.69, 9.17) is 10.9 Å². The van der Waals surface area contributed by atoms with Crippen LogP contribution >= 0.6 is 11.3 Å². The molecular formula is C15H21N3O2S. The minimum Gasteiger partial charge on any atom is -0.409 e. The molecule has 2 aliphatic rings. The van der Waals surface area contributed by atoms with Crippen molar-refractivity contribution in [2.75, 3.05) is 6.54 Å². The second-order valence-corrected chi connectivity index (χ2v) is 6.97. The van der Waals surface area contributed by atoms with E-state index < -0.39 is 5.41 Å². The Bertz CT molecular complexity index is 561. The number of nitrogens with zero attached hydrogens (tertiary/aromatic N) is 2. The molecule has 0 bridgehead atoms. The third-order valence-electron chi connectivity index (χ3n) is 4.81. The van der Waals surface area contributed by atoms with Gasteiger partial charge < -0.3 is 15.8 Å². The first kappa shape index (κ1) is 14.4. The number of rotatable bonds is 2. The molecule has 6 heteroatoms. The quantitative estimate of drug-likeness (QED) is 0.381. The number of hydrogen-bond donors (Lipinski definition) is 2. The lowest BCUT2D eigenvalue weighted by atomic mass is 9.72. The molecule has 1 aliphatic carbocycles. The van der Waals surface area contributed by atoms with Crippen molar-refractivity contribution in [2.45, 2.75) is 45.1 Å². The van der Waals surface area contributed by atoms with Crippen LogP contribution in [0.4, 0.5) is 0 Å². The number of hydrogen-bond acceptors (Lipinski definition) is 4. The summed E-state index contributed by atoms with van der Waals surface area (Å²) in [5.74, 6) is 0.123. The SMILES string of the molecule is NC(=NO)C1(C(=O)N2CCc3sccc3C2)CCCCC1. The van der Waals surface area contributed by atoms with Crippen molar-refractivity contribution in [3.05, 3.63) is 21.9 Å². The van der Waals surface area contributed by atoms with Crippen LogP contribution < -0.4 is 5.73 Å². The topological polar surface area (TPSA) is 78.9 Å². The van der Waals surface area contributed by atoms with E-state index in [1.807, 2.05) is 4.90 Å². The Morgan fingerprint density at radius 3 is 2.86 bits per heavy atom. The molecule has 0 saturated heterocycles. The van der Waals surface area contributed by atoms with Crippen molar-refractivity contribution in [2.24, 2.45) is 16.3 Å². The van der Waals surface area contributed by atoms with Gasteiger partial charge in [-0.25, -0.2) is 0 Å². The van der Waals surface area contributed by atoms with Crippen LogP contribution in [0.1, 0.15) is 42.5 Å². The molecule has 1 saturated carbocycles. The monoisotopic (exact) mass is 307 g/mol. The van der Waals surface area contributed by atoms with Crippen molar-refractivity contribution in [3.8, 4) is 0 Å². The minimum absolute atomic E-state index is 0.0364. The van der Waals surface area contributed by atoms with E-state index in [1.165, 1.54) is 10.4 Å². The third kappa shape index (κ3) is 2.41. The van der Waals surface area contributed by atoms with Crippen molar-refractivity contribution in [1.29, 1.82) is 0 Å². The fourth-order valence-electron chi connectivity index (χ4n) is 3.56. The number of fused-ring (bicyclic) bond motifs is 1. The Morgan fingerprint density at radius 1 is 1.38 bits per heavy atom. The molecule has 0 radical (unpaired) electrons. The molecule has 0 aromatic carbocycles. The van der Waals surface area contributed by atoms with Gasteiger partial charge in [0.2, 0.25) is 5.91 Å². The van der Waals surface area contributed by atoms with Crippen LogP contribution in [-0.4, -0.2) is 28.4 Å². The van der Waals surface area contributed by atoms with Gasteiger partial charge in [-0.2, -0.15) is 0 Å². The Labute approximate surface area is 128 Å². The maximum Gasteiger partial charge on any atom is 0.236 e. The van der Waals surface area contributed by atoms with Crippen LogP contribution in [0.15, 0.2) is 16.6 Å². The standard InChI is InChI=1S/C15H21N3O2S/c16-13(17-20)15(6-2-1-3-7-15)14(19)18-8-4-12-11(10-18)5-9-21-12/h5,9,20H,1-4,6-8,10H2,(H2,16,17). The number of carbonyl (C=O) groups is 1. The van der Waals surface area contributed by atoms with Crippen LogP contribution in [0.25, 0.3) is 0 Å². The summed E-state index contributed by atoms with van der Waals surface area (Å²) in [4.78, 5) is 16.3. The smallest absolute Gasteiger partial charge is 0.236 e. The Kier molecular flexibility index (Phi) is 3.89. The molecule has 1 amide bonds. The highest BCUT2D eigenvalue weighted by Gasteiger charge is 2.46. The lowest BCUT2D eigenvalue weighted by Crippen LogP contribution is -2.53. The van der Waals surface area contributed by atoms with Gasteiger partial charge in [0.15, 0.2) is 5.84 Å². The van der Waals surface area contributed by atoms with Crippen molar-refractivity contribution >= 4 is 23.1 Å². The molecule has 0 spiro atoms. The van der Waals surface area contributed by atoms with Gasteiger partial charge in [-0.3, -0.25) is 4.79 Å². The lowest BCUT2D eigenvalue weighted by molar-refractivity contribution is -0.141. The van der Waals surface area contributed by atoms with Crippen LogP contribution in [0.5, 0.6) is 0 Å². The summed E-state index contributed by atoms with van der Waals surface area (Å²) in [5.41, 5.74) is 6.37. The number of nitrogens with two attached hydrogens (primary N) is 1. The normalized spacial score (nSPS) is 21.9. The van der Waals surface area contributed by atoms with Gasteiger partial charge in [0.1, 0.15) is 5.41 Å². The second-order valence-electron chi connectivity index (χ2n) is 5.97. The molecule has 1 aromatic rings. The van der Waals surface area contributed by atoms with Crippen LogP contribution in [0.3, 0.4) is 0 Å². The molecule has 5 nitrogen and oxygen atoms in total. The molecule has 1 fully saturated rings. The average molecular weight is 307 g/mol. The van der Waals surface area contributed by atoms with E-state index in [0.717, 1.165) is 32.2 Å². The first-order valence-corrected chi connectivity index (χ1v) is 8.38. The molecule has 0 atom stereocenters. The van der Waals surface area contributed by atoms with Crippen LogP contribution in [-0.2, 0) is 17.8 Å². The van der Waals surface area contributed by atoms with Crippen LogP contribution in [0, 0.1) is 5.41 Å². The van der Waals surface area contributed by atoms with E-state index in [2.05, 4.69) is 16.6 Å². The van der Waals surface area contributed by atoms with Gasteiger partial charge >= 0.3 is 0 Å². The molecule has 2 heterocycles. The fraction of sp³-hybridized carbons (Fsp3) is 0.600. The average Bonchev–Trinajstić information content (AvgIpc) is 3.01. The van der Waals surface area contributed by atoms with E-state index in [9.17, 15) is 4.79 Å². The summed E-state index contributed by atoms with van der Waals surface area (Å²) in [6.45, 7) is 1.38. The highest BCUT2D eigenvalue weighted by atomic mass is 32.1. The summed E-state index contributed by atoms with van der Waals surface area (Å²) in [6, 6.07) is 2.09. The zero-order chi connectivity index (χ0) is 14.9. The Balaban J connectivity index is 1.85. The number of amides is 1. The number of carbonyl (C=O) groups excluding carboxylic acids is 1. The molecule has 3 N–H and O–H groups in total. The maximum atomic E-state index is 13.1. The Morgan fingerprint density at radius 2 is 2.14 bits per heavy atom. The van der Waals surface area contributed by atoms with Gasteiger partial charge in [0, 0.05) is 18.0 Å². The minimum atomic E-state index is -0.791. The van der Waals surface area contributed by atoms with E-state index in [-0.39, 0.29) is 11.7 Å². The summed E-state index contributed by atoms with van der Waals surface area (Å²) in [5, 5.41) is 14.4. The van der Waals surface area contributed by atoms with Gasteiger partial charge in [0.25, 0.3) is 0 Å². The first-order valence-electron chi connectivity index (χ1n) is 7.50. The molecule has 1 aromatic heterocycles. The molecular weight excluding hydrogens is 286 g/mol. The molecule has 21 heavy (non-hydrogen) atoms. The Hall–Kier alpha value is -1.56. The van der Waals surface area contributed by atoms with Gasteiger partial charge in [-0.1, -0.05) is 24.4 Å². The van der Waals surface area contributed by atoms with E-state index in [1.54, 1.807) is 11.3 Å². The van der Waals surface area contributed by atoms with Crippen LogP contribution in [0.2, 0.25) is 0 Å². The summed E-state index contributed by atoms with van der Waals surface area (Å²) >= 11 is 1.76. The zero-order valence-electron chi connectivity index (χ0n) is 12.0. The zero-order valence-corrected chi connectivity index (χ0v) is 12.9. The molecule has 1 aliphatic heterocycles. The van der Waals surface area contributed by atoms with Gasteiger partial charge in [-0.15, -0.1) is 11.3 Å². The molecule has 3 rings (SSSR count). The van der Waals surface area contributed by atoms with Gasteiger partial charge in [-0.05, 0) is 36.3 Å². The largest absolute Gasteiger partial charge is 0.409 e. The fourth-order valence-corrected chi connectivity index (χ4v) is 4.44. The lowest BCUT2D eigenvalue weighted by Gasteiger charge is -2.40. The molecule has 0 unspecified atom stereocenters. The first-order chi connectivity index (χ1) is 10.2. The number of amidine groups is 1. The highest BCUT2D eigenvalue weighted by Crippen LogP contribution is 2.39. The van der Waals surface area contributed by atoms with Crippen molar-refractivity contribution in [1.82, 2.24) is 4.90 Å². The molecule has 114 valence electrons. The van der Waals surface area contributed by atoms with E-state index >= 15 is 0 Å². The number of thiophene rings is 1. The summed E-state index contributed by atoms with van der Waals surface area (Å²) < 4.78 is 0. The highest BCUT2D eigenvalue weighted by molar-refractivity contribution is 7.10.